The highest BCUT2D eigenvalue weighted by atomic mass is 79.9. The molecule has 35 heavy (non-hydrogen) atoms. The van der Waals surface area contributed by atoms with Crippen LogP contribution in [0.15, 0.2) is 48.5 Å². The molecule has 2 aromatic carbocycles. The summed E-state index contributed by atoms with van der Waals surface area (Å²) in [5.74, 6) is 0.662. The van der Waals surface area contributed by atoms with E-state index in [-0.39, 0.29) is 28.9 Å². The lowest BCUT2D eigenvalue weighted by Gasteiger charge is -2.31. The number of anilines is 1. The Hall–Kier alpha value is -2.38. The fourth-order valence-electron chi connectivity index (χ4n) is 3.49. The van der Waals surface area contributed by atoms with E-state index in [9.17, 15) is 9.59 Å². The quantitative estimate of drug-likeness (QED) is 0.224. The summed E-state index contributed by atoms with van der Waals surface area (Å²) < 4.78 is 12.2. The first kappa shape index (κ1) is 30.7. The number of benzene rings is 2. The molecule has 1 N–H and O–H groups in total. The van der Waals surface area contributed by atoms with Crippen LogP contribution < -0.4 is 27.0 Å². The van der Waals surface area contributed by atoms with Gasteiger partial charge in [0.05, 0.1) is 37.9 Å². The normalized spacial score (nSPS) is 11.0. The van der Waals surface area contributed by atoms with Crippen LogP contribution in [0.5, 0.6) is 5.75 Å². The third-order valence-corrected chi connectivity index (χ3v) is 6.33. The van der Waals surface area contributed by atoms with Crippen LogP contribution >= 0.6 is 0 Å². The van der Waals surface area contributed by atoms with Crippen molar-refractivity contribution in [2.45, 2.75) is 47.0 Å². The van der Waals surface area contributed by atoms with Crippen LogP contribution in [0, 0.1) is 5.92 Å². The highest BCUT2D eigenvalue weighted by molar-refractivity contribution is 6.06. The number of amides is 1. The zero-order valence-electron chi connectivity index (χ0n) is 21.8. The van der Waals surface area contributed by atoms with Crippen LogP contribution in [0.4, 0.5) is 5.69 Å². The Morgan fingerprint density at radius 1 is 0.943 bits per heavy atom. The number of hydrogen-bond acceptors (Lipinski definition) is 4. The monoisotopic (exact) mass is 548 g/mol. The van der Waals surface area contributed by atoms with Gasteiger partial charge in [0.1, 0.15) is 18.9 Å². The highest BCUT2D eigenvalue weighted by Crippen LogP contribution is 2.21. The molecule has 0 heterocycles. The van der Waals surface area contributed by atoms with E-state index in [1.165, 1.54) is 6.42 Å². The molecule has 2 rings (SSSR count). The molecule has 0 aliphatic carbocycles. The summed E-state index contributed by atoms with van der Waals surface area (Å²) in [5.41, 5.74) is 1.56. The van der Waals surface area contributed by atoms with Crippen LogP contribution in [-0.2, 0) is 4.74 Å². The molecule has 0 aliphatic heterocycles. The van der Waals surface area contributed by atoms with Gasteiger partial charge in [-0.1, -0.05) is 32.4 Å². The lowest BCUT2D eigenvalue weighted by molar-refractivity contribution is -0.906. The summed E-state index contributed by atoms with van der Waals surface area (Å²) in [7, 11) is 2.15. The topological polar surface area (TPSA) is 64.6 Å². The number of likely N-dealkylation sites (N-methyl/N-ethyl adjacent to an activating group) is 1. The van der Waals surface area contributed by atoms with Crippen molar-refractivity contribution in [3.05, 3.63) is 59.7 Å². The lowest BCUT2D eigenvalue weighted by atomic mass is 10.1. The van der Waals surface area contributed by atoms with Gasteiger partial charge in [0, 0.05) is 5.69 Å². The number of unbranched alkanes of at least 4 members (excludes halogenated alkanes) is 1. The van der Waals surface area contributed by atoms with E-state index in [1.807, 2.05) is 18.2 Å². The fourth-order valence-corrected chi connectivity index (χ4v) is 3.49. The molecule has 0 aliphatic rings. The Balaban J connectivity index is 0.00000612. The van der Waals surface area contributed by atoms with E-state index >= 15 is 0 Å². The molecule has 194 valence electrons. The molecule has 0 spiro atoms. The van der Waals surface area contributed by atoms with Crippen molar-refractivity contribution < 1.29 is 40.5 Å². The number of carbonyl (C=O) groups excluding carboxylic acids is 2. The second-order valence-corrected chi connectivity index (χ2v) is 9.38. The first-order chi connectivity index (χ1) is 16.3. The Morgan fingerprint density at radius 3 is 2.23 bits per heavy atom. The summed E-state index contributed by atoms with van der Waals surface area (Å²) in [6, 6.07) is 14.0. The second-order valence-electron chi connectivity index (χ2n) is 9.38. The van der Waals surface area contributed by atoms with Crippen LogP contribution in [0.25, 0.3) is 0 Å². The van der Waals surface area contributed by atoms with E-state index < -0.39 is 0 Å². The van der Waals surface area contributed by atoms with E-state index in [2.05, 4.69) is 40.1 Å². The SMILES string of the molecule is CC[N+](C)(CC)CCOC(=O)c1ccc(NC(=O)c2ccccc2OCCCCC(C)C)cc1.[Br-]. The maximum Gasteiger partial charge on any atom is 0.338 e. The Morgan fingerprint density at radius 2 is 1.60 bits per heavy atom. The largest absolute Gasteiger partial charge is 1.00 e. The van der Waals surface area contributed by atoms with Crippen LogP contribution in [0.2, 0.25) is 0 Å². The van der Waals surface area contributed by atoms with Crippen molar-refractivity contribution in [3.8, 4) is 5.75 Å². The van der Waals surface area contributed by atoms with Crippen molar-refractivity contribution in [1.82, 2.24) is 0 Å². The minimum Gasteiger partial charge on any atom is -1.00 e. The number of nitrogens with zero attached hydrogens (tertiary/aromatic N) is 1. The highest BCUT2D eigenvalue weighted by Gasteiger charge is 2.18. The zero-order valence-corrected chi connectivity index (χ0v) is 23.4. The average Bonchev–Trinajstić information content (AvgIpc) is 2.84. The van der Waals surface area contributed by atoms with Gasteiger partial charge >= 0.3 is 5.97 Å². The van der Waals surface area contributed by atoms with E-state index in [1.54, 1.807) is 30.3 Å². The molecule has 0 saturated heterocycles. The number of para-hydroxylation sites is 1. The van der Waals surface area contributed by atoms with Gasteiger partial charge in [0.15, 0.2) is 0 Å². The minimum absolute atomic E-state index is 0. The molecule has 0 atom stereocenters. The Bertz CT molecular complexity index is 911. The van der Waals surface area contributed by atoms with Gasteiger partial charge in [-0.2, -0.15) is 0 Å². The average molecular weight is 550 g/mol. The summed E-state index contributed by atoms with van der Waals surface area (Å²) in [6.07, 6.45) is 3.24. The first-order valence-corrected chi connectivity index (χ1v) is 12.4. The molecule has 0 fully saturated rings. The predicted octanol–water partition coefficient (Wildman–Crippen LogP) is 2.79. The minimum atomic E-state index is -0.354. The molecular formula is C28H41BrN2O4. The van der Waals surface area contributed by atoms with E-state index in [0.29, 0.717) is 41.7 Å². The molecule has 2 aromatic rings. The third kappa shape index (κ3) is 10.4. The third-order valence-electron chi connectivity index (χ3n) is 6.33. The molecule has 0 radical (unpaired) electrons. The summed E-state index contributed by atoms with van der Waals surface area (Å²) in [6.45, 7) is 12.4. The zero-order chi connectivity index (χ0) is 25.0. The van der Waals surface area contributed by atoms with Crippen molar-refractivity contribution >= 4 is 17.6 Å². The number of ether oxygens (including phenoxy) is 2. The second kappa shape index (κ2) is 15.6. The summed E-state index contributed by atoms with van der Waals surface area (Å²) in [5, 5.41) is 2.89. The summed E-state index contributed by atoms with van der Waals surface area (Å²) >= 11 is 0. The first-order valence-electron chi connectivity index (χ1n) is 12.4. The van der Waals surface area contributed by atoms with Gasteiger partial charge in [0.25, 0.3) is 5.91 Å². The number of carbonyl (C=O) groups is 2. The number of esters is 1. The van der Waals surface area contributed by atoms with E-state index in [4.69, 9.17) is 9.47 Å². The van der Waals surface area contributed by atoms with Crippen LogP contribution in [0.1, 0.15) is 67.7 Å². The molecule has 0 bridgehead atoms. The van der Waals surface area contributed by atoms with Gasteiger partial charge in [-0.15, -0.1) is 0 Å². The summed E-state index contributed by atoms with van der Waals surface area (Å²) in [4.78, 5) is 25.2. The van der Waals surface area contributed by atoms with E-state index in [0.717, 1.165) is 37.0 Å². The number of nitrogens with one attached hydrogen (secondary N) is 1. The number of halogens is 1. The van der Waals surface area contributed by atoms with Crippen molar-refractivity contribution in [2.24, 2.45) is 5.92 Å². The number of rotatable bonds is 14. The fraction of sp³-hybridized carbons (Fsp3) is 0.500. The van der Waals surface area contributed by atoms with Crippen molar-refractivity contribution in [2.75, 3.05) is 45.2 Å². The molecular weight excluding hydrogens is 508 g/mol. The molecule has 0 aromatic heterocycles. The van der Waals surface area contributed by atoms with Gasteiger partial charge in [-0.3, -0.25) is 4.79 Å². The number of quaternary nitrogens is 1. The van der Waals surface area contributed by atoms with Crippen LogP contribution in [0.3, 0.4) is 0 Å². The molecule has 1 amide bonds. The van der Waals surface area contributed by atoms with Gasteiger partial charge in [0.2, 0.25) is 0 Å². The van der Waals surface area contributed by atoms with Crippen molar-refractivity contribution in [3.63, 3.8) is 0 Å². The van der Waals surface area contributed by atoms with Gasteiger partial charge < -0.3 is 36.3 Å². The van der Waals surface area contributed by atoms with Crippen molar-refractivity contribution in [1.29, 1.82) is 0 Å². The smallest absolute Gasteiger partial charge is 0.338 e. The number of hydrogen-bond donors (Lipinski definition) is 1. The van der Waals surface area contributed by atoms with Gasteiger partial charge in [-0.05, 0) is 69.0 Å². The molecule has 7 heteroatoms. The maximum absolute atomic E-state index is 12.8. The molecule has 0 saturated carbocycles. The standard InChI is InChI=1S/C28H40N2O4.BrH/c1-6-30(5,7-2)19-21-34-28(32)23-15-17-24(18-16-23)29-27(31)25-13-8-9-14-26(25)33-20-11-10-12-22(3)4;/h8-9,13-18,22H,6-7,10-12,19-21H2,1-5H3;1H. The maximum atomic E-state index is 12.8. The Kier molecular flexibility index (Phi) is 13.6. The lowest BCUT2D eigenvalue weighted by Crippen LogP contribution is -3.00. The predicted molar refractivity (Wildman–Crippen MR) is 137 cm³/mol. The van der Waals surface area contributed by atoms with Crippen LogP contribution in [-0.4, -0.2) is 56.3 Å². The Labute approximate surface area is 221 Å². The molecule has 0 unspecified atom stereocenters. The van der Waals surface area contributed by atoms with Gasteiger partial charge in [-0.25, -0.2) is 4.79 Å². The molecule has 6 nitrogen and oxygen atoms in total.